The van der Waals surface area contributed by atoms with Crippen LogP contribution < -0.4 is 9.80 Å². The van der Waals surface area contributed by atoms with Crippen molar-refractivity contribution in [3.8, 4) is 0 Å². The summed E-state index contributed by atoms with van der Waals surface area (Å²) >= 11 is 12.8. The van der Waals surface area contributed by atoms with Crippen LogP contribution in [0.3, 0.4) is 0 Å². The van der Waals surface area contributed by atoms with E-state index in [1.54, 1.807) is 6.92 Å². The van der Waals surface area contributed by atoms with Gasteiger partial charge in [0.2, 0.25) is 0 Å². The van der Waals surface area contributed by atoms with Gasteiger partial charge in [0.1, 0.15) is 0 Å². The number of hydrogen-bond donors (Lipinski definition) is 2. The first-order valence-electron chi connectivity index (χ1n) is 18.0. The molecule has 2 aliphatic carbocycles. The van der Waals surface area contributed by atoms with Gasteiger partial charge in [0.05, 0.1) is 33.3 Å². The van der Waals surface area contributed by atoms with E-state index in [9.17, 15) is 19.8 Å². The minimum absolute atomic E-state index is 0.200. The second-order valence-corrected chi connectivity index (χ2v) is 16.2. The molecule has 2 heterocycles. The number of aliphatic carboxylic acids is 2. The fraction of sp³-hybridized carbons (Fsp3) is 0.600. The first-order valence-corrected chi connectivity index (χ1v) is 18.7. The van der Waals surface area contributed by atoms with Gasteiger partial charge in [0.25, 0.3) is 0 Å². The predicted molar refractivity (Wildman–Crippen MR) is 198 cm³/mol. The van der Waals surface area contributed by atoms with Crippen LogP contribution in [-0.4, -0.2) is 48.3 Å². The Morgan fingerprint density at radius 1 is 0.729 bits per heavy atom. The number of aryl methyl sites for hydroxylation is 2. The summed E-state index contributed by atoms with van der Waals surface area (Å²) in [4.78, 5) is 27.2. The van der Waals surface area contributed by atoms with E-state index in [0.717, 1.165) is 92.4 Å². The molecule has 262 valence electrons. The van der Waals surface area contributed by atoms with Gasteiger partial charge in [0, 0.05) is 26.2 Å². The highest BCUT2D eigenvalue weighted by Crippen LogP contribution is 2.49. The van der Waals surface area contributed by atoms with E-state index < -0.39 is 11.9 Å². The third kappa shape index (κ3) is 8.53. The summed E-state index contributed by atoms with van der Waals surface area (Å²) < 4.78 is 0. The van der Waals surface area contributed by atoms with Gasteiger partial charge in [-0.1, -0.05) is 53.9 Å². The molecule has 2 saturated heterocycles. The molecule has 6 rings (SSSR count). The number of anilines is 2. The van der Waals surface area contributed by atoms with Crippen molar-refractivity contribution in [3.05, 3.63) is 69.2 Å². The smallest absolute Gasteiger partial charge is 0.310 e. The molecule has 1 saturated carbocycles. The third-order valence-corrected chi connectivity index (χ3v) is 13.0. The van der Waals surface area contributed by atoms with Gasteiger partial charge >= 0.3 is 11.9 Å². The molecule has 2 atom stereocenters. The Morgan fingerprint density at radius 2 is 1.21 bits per heavy atom. The Balaban J connectivity index is 0.000000188. The zero-order valence-electron chi connectivity index (χ0n) is 29.2. The van der Waals surface area contributed by atoms with Gasteiger partial charge in [-0.15, -0.1) is 0 Å². The van der Waals surface area contributed by atoms with Crippen molar-refractivity contribution in [2.24, 2.45) is 28.6 Å². The Labute approximate surface area is 297 Å². The quantitative estimate of drug-likeness (QED) is 0.293. The normalized spacial score (nSPS) is 22.0. The van der Waals surface area contributed by atoms with E-state index in [1.165, 1.54) is 42.5 Å². The molecule has 0 amide bonds. The molecular weight excluding hydrogens is 643 g/mol. The summed E-state index contributed by atoms with van der Waals surface area (Å²) in [6, 6.07) is 12.4. The molecule has 2 aromatic rings. The molecule has 8 heteroatoms. The van der Waals surface area contributed by atoms with Gasteiger partial charge < -0.3 is 20.0 Å². The monoisotopic (exact) mass is 696 g/mol. The highest BCUT2D eigenvalue weighted by atomic mass is 35.5. The molecule has 48 heavy (non-hydrogen) atoms. The summed E-state index contributed by atoms with van der Waals surface area (Å²) in [5, 5.41) is 20.1. The maximum Gasteiger partial charge on any atom is 0.310 e. The van der Waals surface area contributed by atoms with Crippen LogP contribution in [0.25, 0.3) is 0 Å². The van der Waals surface area contributed by atoms with E-state index >= 15 is 0 Å². The van der Waals surface area contributed by atoms with Crippen LogP contribution in [0.2, 0.25) is 10.0 Å². The fourth-order valence-corrected chi connectivity index (χ4v) is 9.07. The van der Waals surface area contributed by atoms with Crippen LogP contribution >= 0.6 is 23.2 Å². The minimum Gasteiger partial charge on any atom is -0.481 e. The first-order chi connectivity index (χ1) is 22.8. The number of allylic oxidation sites excluding steroid dienone is 1. The number of benzene rings is 2. The van der Waals surface area contributed by atoms with Crippen molar-refractivity contribution in [2.45, 2.75) is 98.3 Å². The van der Waals surface area contributed by atoms with E-state index in [1.807, 2.05) is 25.1 Å². The summed E-state index contributed by atoms with van der Waals surface area (Å²) in [5.74, 6) is -1.53. The SMILES string of the molecule is Cc1ccc(Cl)c(N2CCC3(CC=C(C(C)C(=O)O)CC3)CC2)c1.Cc1ccc(Cl)c(N2CCC3(CCC(C(C)C(=O)O)CC3)CC2)c1. The average Bonchev–Trinajstić information content (AvgIpc) is 3.08. The van der Waals surface area contributed by atoms with Crippen molar-refractivity contribution in [2.75, 3.05) is 36.0 Å². The molecule has 6 nitrogen and oxygen atoms in total. The van der Waals surface area contributed by atoms with Crippen LogP contribution in [0.1, 0.15) is 95.6 Å². The molecule has 0 bridgehead atoms. The molecule has 2 aliphatic heterocycles. The highest BCUT2D eigenvalue weighted by Gasteiger charge is 2.41. The second kappa shape index (κ2) is 15.5. The van der Waals surface area contributed by atoms with Crippen LogP contribution in [0.4, 0.5) is 11.4 Å². The van der Waals surface area contributed by atoms with Gasteiger partial charge in [0.15, 0.2) is 0 Å². The third-order valence-electron chi connectivity index (χ3n) is 12.4. The maximum absolute atomic E-state index is 11.2. The number of rotatable bonds is 6. The van der Waals surface area contributed by atoms with Crippen molar-refractivity contribution >= 4 is 46.5 Å². The number of nitrogens with zero attached hydrogens (tertiary/aromatic N) is 2. The van der Waals surface area contributed by atoms with E-state index in [4.69, 9.17) is 23.2 Å². The predicted octanol–water partition coefficient (Wildman–Crippen LogP) is 10.2. The van der Waals surface area contributed by atoms with Crippen LogP contribution in [0.15, 0.2) is 48.0 Å². The summed E-state index contributed by atoms with van der Waals surface area (Å²) in [6.45, 7) is 12.0. The number of carboxylic acid groups (broad SMARTS) is 2. The topological polar surface area (TPSA) is 81.1 Å². The lowest BCUT2D eigenvalue weighted by atomic mass is 9.63. The van der Waals surface area contributed by atoms with Gasteiger partial charge in [-0.3, -0.25) is 9.59 Å². The molecule has 2 N–H and O–H groups in total. The van der Waals surface area contributed by atoms with Crippen LogP contribution in [0.5, 0.6) is 0 Å². The standard InChI is InChI=1S/C20H28ClNO2.C20H26ClNO2/c2*1-14-3-4-17(21)18(13-14)22-11-9-20(10-12-22)7-5-16(6-8-20)15(2)19(23)24/h3-4,13,15-16H,5-12H2,1-2H3,(H,23,24);3-5,13,15H,6-12H2,1-2H3,(H,23,24). The number of piperidine rings is 2. The van der Waals surface area contributed by atoms with Crippen molar-refractivity contribution in [1.82, 2.24) is 0 Å². The zero-order chi connectivity index (χ0) is 34.6. The molecule has 2 unspecified atom stereocenters. The van der Waals surface area contributed by atoms with Gasteiger partial charge in [-0.05, 0) is 144 Å². The largest absolute Gasteiger partial charge is 0.481 e. The molecule has 0 aromatic heterocycles. The zero-order valence-corrected chi connectivity index (χ0v) is 30.8. The van der Waals surface area contributed by atoms with Gasteiger partial charge in [-0.2, -0.15) is 0 Å². The Hall–Kier alpha value is -2.70. The Kier molecular flexibility index (Phi) is 11.8. The lowest BCUT2D eigenvalue weighted by Crippen LogP contribution is -2.43. The van der Waals surface area contributed by atoms with E-state index in [2.05, 4.69) is 47.9 Å². The molecule has 2 aromatic carbocycles. The highest BCUT2D eigenvalue weighted by molar-refractivity contribution is 6.33. The number of halogens is 2. The van der Waals surface area contributed by atoms with Crippen LogP contribution in [0, 0.1) is 42.4 Å². The van der Waals surface area contributed by atoms with Crippen molar-refractivity contribution < 1.29 is 19.8 Å². The molecular formula is C40H54Cl2N2O4. The second-order valence-electron chi connectivity index (χ2n) is 15.4. The maximum atomic E-state index is 11.2. The summed E-state index contributed by atoms with van der Waals surface area (Å²) in [7, 11) is 0. The van der Waals surface area contributed by atoms with Gasteiger partial charge in [-0.25, -0.2) is 0 Å². The number of carboxylic acids is 2. The number of carbonyl (C=O) groups is 2. The summed E-state index contributed by atoms with van der Waals surface area (Å²) in [6.07, 6.45) is 14.5. The molecule has 2 spiro atoms. The fourth-order valence-electron chi connectivity index (χ4n) is 8.60. The van der Waals surface area contributed by atoms with E-state index in [-0.39, 0.29) is 11.8 Å². The number of hydrogen-bond acceptors (Lipinski definition) is 4. The minimum atomic E-state index is -0.707. The lowest BCUT2D eigenvalue weighted by molar-refractivity contribution is -0.144. The molecule has 4 aliphatic rings. The average molecular weight is 698 g/mol. The van der Waals surface area contributed by atoms with Crippen molar-refractivity contribution in [1.29, 1.82) is 0 Å². The van der Waals surface area contributed by atoms with Crippen molar-refractivity contribution in [3.63, 3.8) is 0 Å². The lowest BCUT2D eigenvalue weighted by Gasteiger charge is -2.47. The molecule has 3 fully saturated rings. The Bertz CT molecular complexity index is 1480. The van der Waals surface area contributed by atoms with E-state index in [0.29, 0.717) is 16.7 Å². The summed E-state index contributed by atoms with van der Waals surface area (Å²) in [5.41, 5.74) is 6.70. The molecule has 0 radical (unpaired) electrons. The first kappa shape index (κ1) is 36.6. The van der Waals surface area contributed by atoms with Crippen LogP contribution in [-0.2, 0) is 9.59 Å². The Morgan fingerprint density at radius 3 is 1.62 bits per heavy atom.